The van der Waals surface area contributed by atoms with Crippen LogP contribution in [0, 0.1) is 0 Å². The maximum absolute atomic E-state index is 11.0. The Balaban J connectivity index is 2.54. The van der Waals surface area contributed by atoms with Gasteiger partial charge >= 0.3 is 0 Å². The molecule has 1 heterocycles. The minimum atomic E-state index is -3.61. The van der Waals surface area contributed by atoms with Crippen molar-refractivity contribution in [3.05, 3.63) is 29.7 Å². The van der Waals surface area contributed by atoms with E-state index in [1.807, 2.05) is 0 Å². The molecule has 0 bridgehead atoms. The molecule has 3 N–H and O–H groups in total. The van der Waals surface area contributed by atoms with Crippen LogP contribution in [0.15, 0.2) is 29.0 Å². The number of carbonyl (C=O) groups is 1. The molecular weight excluding hydrogens is 248 g/mol. The number of hydrogen-bond acceptors (Lipinski definition) is 4. The standard InChI is InChI=1S/C9H12N2O3S2/c1-2-8(12)11-6-5-7-3-4-9(15-7)16(10,13)14/h2-4H,1,5-6H2,(H,11,12)(H2,10,13,14). The van der Waals surface area contributed by atoms with E-state index >= 15 is 0 Å². The fourth-order valence-electron chi connectivity index (χ4n) is 1.03. The number of carbonyl (C=O) groups excluding carboxylic acids is 1. The Labute approximate surface area is 98.0 Å². The van der Waals surface area contributed by atoms with E-state index in [0.717, 1.165) is 16.2 Å². The van der Waals surface area contributed by atoms with E-state index in [2.05, 4.69) is 11.9 Å². The molecule has 7 heteroatoms. The molecular formula is C9H12N2O3S2. The van der Waals surface area contributed by atoms with Crippen molar-refractivity contribution in [1.29, 1.82) is 0 Å². The van der Waals surface area contributed by atoms with Crippen LogP contribution < -0.4 is 10.5 Å². The quantitative estimate of drug-likeness (QED) is 0.743. The normalized spacial score (nSPS) is 11.1. The van der Waals surface area contributed by atoms with Crippen LogP contribution in [0.5, 0.6) is 0 Å². The summed E-state index contributed by atoms with van der Waals surface area (Å²) in [5.41, 5.74) is 0. The summed E-state index contributed by atoms with van der Waals surface area (Å²) in [6, 6.07) is 3.15. The Morgan fingerprint density at radius 1 is 1.56 bits per heavy atom. The van der Waals surface area contributed by atoms with Gasteiger partial charge in [-0.15, -0.1) is 11.3 Å². The topological polar surface area (TPSA) is 89.3 Å². The summed E-state index contributed by atoms with van der Waals surface area (Å²) in [5, 5.41) is 7.57. The molecule has 0 spiro atoms. The lowest BCUT2D eigenvalue weighted by Crippen LogP contribution is -2.22. The van der Waals surface area contributed by atoms with Gasteiger partial charge < -0.3 is 5.32 Å². The fourth-order valence-corrected chi connectivity index (χ4v) is 2.80. The first-order valence-corrected chi connectivity index (χ1v) is 6.81. The molecule has 0 saturated carbocycles. The van der Waals surface area contributed by atoms with Gasteiger partial charge in [-0.1, -0.05) is 6.58 Å². The van der Waals surface area contributed by atoms with Crippen LogP contribution >= 0.6 is 11.3 Å². The van der Waals surface area contributed by atoms with E-state index in [4.69, 9.17) is 5.14 Å². The highest BCUT2D eigenvalue weighted by Crippen LogP contribution is 2.20. The Bertz CT molecular complexity index is 491. The minimum Gasteiger partial charge on any atom is -0.352 e. The average molecular weight is 260 g/mol. The molecule has 1 amide bonds. The third kappa shape index (κ3) is 3.76. The summed E-state index contributed by atoms with van der Waals surface area (Å²) in [7, 11) is -3.61. The number of amides is 1. The zero-order valence-electron chi connectivity index (χ0n) is 8.47. The van der Waals surface area contributed by atoms with Crippen molar-refractivity contribution >= 4 is 27.3 Å². The molecule has 0 radical (unpaired) electrons. The largest absolute Gasteiger partial charge is 0.352 e. The third-order valence-electron chi connectivity index (χ3n) is 1.77. The number of hydrogen-bond donors (Lipinski definition) is 2. The molecule has 0 saturated heterocycles. The molecule has 0 aromatic carbocycles. The second-order valence-electron chi connectivity index (χ2n) is 3.01. The summed E-state index contributed by atoms with van der Waals surface area (Å²) < 4.78 is 22.1. The lowest BCUT2D eigenvalue weighted by molar-refractivity contribution is -0.116. The molecule has 1 aromatic heterocycles. The monoisotopic (exact) mass is 260 g/mol. The smallest absolute Gasteiger partial charge is 0.247 e. The molecule has 88 valence electrons. The van der Waals surface area contributed by atoms with Crippen LogP contribution in [0.2, 0.25) is 0 Å². The highest BCUT2D eigenvalue weighted by atomic mass is 32.2. The van der Waals surface area contributed by atoms with Crippen LogP contribution in [-0.2, 0) is 21.2 Å². The summed E-state index contributed by atoms with van der Waals surface area (Å²) in [5.74, 6) is -0.247. The van der Waals surface area contributed by atoms with Gasteiger partial charge in [0.25, 0.3) is 0 Å². The summed E-state index contributed by atoms with van der Waals surface area (Å²) in [6.07, 6.45) is 1.75. The van der Waals surface area contributed by atoms with Gasteiger partial charge in [-0.2, -0.15) is 0 Å². The van der Waals surface area contributed by atoms with Gasteiger partial charge in [-0.3, -0.25) is 4.79 Å². The van der Waals surface area contributed by atoms with E-state index in [1.54, 1.807) is 6.07 Å². The fraction of sp³-hybridized carbons (Fsp3) is 0.222. The summed E-state index contributed by atoms with van der Waals surface area (Å²) in [4.78, 5) is 11.7. The zero-order valence-corrected chi connectivity index (χ0v) is 10.1. The Kier molecular flexibility index (Phi) is 4.22. The summed E-state index contributed by atoms with van der Waals surface area (Å²) >= 11 is 1.11. The lowest BCUT2D eigenvalue weighted by Gasteiger charge is -1.99. The van der Waals surface area contributed by atoms with Crippen molar-refractivity contribution in [2.75, 3.05) is 6.54 Å². The number of nitrogens with one attached hydrogen (secondary N) is 1. The molecule has 1 rings (SSSR count). The molecule has 0 fully saturated rings. The predicted octanol–water partition coefficient (Wildman–Crippen LogP) is 0.240. The van der Waals surface area contributed by atoms with E-state index in [9.17, 15) is 13.2 Å². The van der Waals surface area contributed by atoms with Gasteiger partial charge in [0.15, 0.2) is 0 Å². The number of nitrogens with two attached hydrogens (primary N) is 1. The highest BCUT2D eigenvalue weighted by Gasteiger charge is 2.10. The van der Waals surface area contributed by atoms with Gasteiger partial charge in [-0.25, -0.2) is 13.6 Å². The van der Waals surface area contributed by atoms with Crippen LogP contribution in [0.3, 0.4) is 0 Å². The number of rotatable bonds is 5. The predicted molar refractivity (Wildman–Crippen MR) is 62.6 cm³/mol. The number of thiophene rings is 1. The summed E-state index contributed by atoms with van der Waals surface area (Å²) in [6.45, 7) is 3.76. The van der Waals surface area contributed by atoms with Gasteiger partial charge in [0, 0.05) is 11.4 Å². The van der Waals surface area contributed by atoms with Crippen LogP contribution in [0.1, 0.15) is 4.88 Å². The second kappa shape index (κ2) is 5.24. The number of sulfonamides is 1. The molecule has 16 heavy (non-hydrogen) atoms. The van der Waals surface area contributed by atoms with E-state index in [0.29, 0.717) is 13.0 Å². The Morgan fingerprint density at radius 2 is 2.25 bits per heavy atom. The van der Waals surface area contributed by atoms with E-state index < -0.39 is 10.0 Å². The first kappa shape index (κ1) is 12.9. The van der Waals surface area contributed by atoms with Crippen molar-refractivity contribution in [2.24, 2.45) is 5.14 Å². The first-order valence-electron chi connectivity index (χ1n) is 4.45. The number of primary sulfonamides is 1. The van der Waals surface area contributed by atoms with Crippen LogP contribution in [-0.4, -0.2) is 20.9 Å². The van der Waals surface area contributed by atoms with Gasteiger partial charge in [0.05, 0.1) is 0 Å². The Morgan fingerprint density at radius 3 is 2.75 bits per heavy atom. The maximum Gasteiger partial charge on any atom is 0.247 e. The molecule has 0 aliphatic heterocycles. The maximum atomic E-state index is 11.0. The lowest BCUT2D eigenvalue weighted by atomic mass is 10.3. The molecule has 5 nitrogen and oxygen atoms in total. The van der Waals surface area contributed by atoms with Crippen molar-refractivity contribution in [2.45, 2.75) is 10.6 Å². The van der Waals surface area contributed by atoms with Crippen molar-refractivity contribution in [3.8, 4) is 0 Å². The van der Waals surface area contributed by atoms with Crippen molar-refractivity contribution < 1.29 is 13.2 Å². The van der Waals surface area contributed by atoms with E-state index in [-0.39, 0.29) is 10.1 Å². The van der Waals surface area contributed by atoms with Crippen molar-refractivity contribution in [1.82, 2.24) is 5.32 Å². The highest BCUT2D eigenvalue weighted by molar-refractivity contribution is 7.91. The van der Waals surface area contributed by atoms with E-state index in [1.165, 1.54) is 12.1 Å². The third-order valence-corrected chi connectivity index (χ3v) is 4.36. The van der Waals surface area contributed by atoms with Gasteiger partial charge in [0.1, 0.15) is 4.21 Å². The van der Waals surface area contributed by atoms with Crippen LogP contribution in [0.4, 0.5) is 0 Å². The molecule has 0 unspecified atom stereocenters. The Hall–Kier alpha value is -1.18. The second-order valence-corrected chi connectivity index (χ2v) is 5.97. The minimum absolute atomic E-state index is 0.137. The average Bonchev–Trinajstić information content (AvgIpc) is 2.65. The molecule has 1 aromatic rings. The van der Waals surface area contributed by atoms with Gasteiger partial charge in [-0.05, 0) is 24.6 Å². The molecule has 0 atom stereocenters. The molecule has 0 aliphatic carbocycles. The van der Waals surface area contributed by atoms with Crippen LogP contribution in [0.25, 0.3) is 0 Å². The van der Waals surface area contributed by atoms with Gasteiger partial charge in [0.2, 0.25) is 15.9 Å². The zero-order chi connectivity index (χ0) is 12.2. The van der Waals surface area contributed by atoms with Crippen molar-refractivity contribution in [3.63, 3.8) is 0 Å². The first-order chi connectivity index (χ1) is 7.43. The molecule has 0 aliphatic rings. The SMILES string of the molecule is C=CC(=O)NCCc1ccc(S(N)(=O)=O)s1.